The van der Waals surface area contributed by atoms with Gasteiger partial charge in [0.15, 0.2) is 9.84 Å². The number of anilines is 1. The van der Waals surface area contributed by atoms with Crippen LogP contribution in [0.4, 0.5) is 5.82 Å². The number of pyridine rings is 1. The molecular formula is C12H21N3O3S. The number of nitrogens with zero attached hydrogens (tertiary/aromatic N) is 2. The Morgan fingerprint density at radius 1 is 1.42 bits per heavy atom. The molecule has 0 saturated carbocycles. The summed E-state index contributed by atoms with van der Waals surface area (Å²) in [6.45, 7) is 2.83. The van der Waals surface area contributed by atoms with Gasteiger partial charge in [-0.2, -0.15) is 0 Å². The van der Waals surface area contributed by atoms with Crippen molar-refractivity contribution < 1.29 is 13.2 Å². The summed E-state index contributed by atoms with van der Waals surface area (Å²) in [5.74, 6) is 0.485. The molecule has 1 aromatic heterocycles. The lowest BCUT2D eigenvalue weighted by Gasteiger charge is -2.20. The van der Waals surface area contributed by atoms with E-state index >= 15 is 0 Å². The third-order valence-electron chi connectivity index (χ3n) is 2.62. The zero-order valence-corrected chi connectivity index (χ0v) is 12.4. The molecule has 0 bridgehead atoms. The fourth-order valence-corrected chi connectivity index (χ4v) is 2.48. The molecule has 0 spiro atoms. The number of rotatable bonds is 8. The molecule has 1 aromatic rings. The average Bonchev–Trinajstić information content (AvgIpc) is 2.37. The highest BCUT2D eigenvalue weighted by Crippen LogP contribution is 2.20. The van der Waals surface area contributed by atoms with Gasteiger partial charge >= 0.3 is 0 Å². The second kappa shape index (κ2) is 7.42. The first-order chi connectivity index (χ1) is 8.96. The van der Waals surface area contributed by atoms with Crippen LogP contribution in [-0.4, -0.2) is 60.1 Å². The Morgan fingerprint density at radius 2 is 2.16 bits per heavy atom. The second-order valence-electron chi connectivity index (χ2n) is 4.26. The van der Waals surface area contributed by atoms with Gasteiger partial charge in [0.25, 0.3) is 0 Å². The normalized spacial score (nSPS) is 11.5. The summed E-state index contributed by atoms with van der Waals surface area (Å²) in [7, 11) is 0.219. The number of hydrogen-bond acceptors (Lipinski definition) is 6. The molecule has 0 radical (unpaired) electrons. The van der Waals surface area contributed by atoms with E-state index in [2.05, 4.69) is 10.3 Å². The number of nitrogens with one attached hydrogen (secondary N) is 1. The summed E-state index contributed by atoms with van der Waals surface area (Å²) in [5, 5.41) is 3.20. The Bertz CT molecular complexity index is 491. The summed E-state index contributed by atoms with van der Waals surface area (Å²) >= 11 is 0. The minimum absolute atomic E-state index is 0.259. The minimum Gasteiger partial charge on any atom is -0.383 e. The minimum atomic E-state index is -3.26. The number of likely N-dealkylation sites (N-methyl/N-ethyl adjacent to an activating group) is 1. The number of hydrogen-bond donors (Lipinski definition) is 1. The molecule has 0 aliphatic carbocycles. The molecular weight excluding hydrogens is 266 g/mol. The van der Waals surface area contributed by atoms with E-state index in [9.17, 15) is 8.42 Å². The van der Waals surface area contributed by atoms with Crippen molar-refractivity contribution in [2.45, 2.75) is 4.90 Å². The van der Waals surface area contributed by atoms with Gasteiger partial charge in [0.1, 0.15) is 10.7 Å². The van der Waals surface area contributed by atoms with E-state index in [1.165, 1.54) is 6.26 Å². The highest BCUT2D eigenvalue weighted by atomic mass is 32.2. The van der Waals surface area contributed by atoms with Crippen molar-refractivity contribution in [1.29, 1.82) is 0 Å². The third-order valence-corrected chi connectivity index (χ3v) is 3.74. The molecule has 0 atom stereocenters. The van der Waals surface area contributed by atoms with Crippen LogP contribution in [0.3, 0.4) is 0 Å². The van der Waals surface area contributed by atoms with Crippen LogP contribution < -0.4 is 10.2 Å². The zero-order chi connectivity index (χ0) is 14.3. The molecule has 0 aromatic carbocycles. The van der Waals surface area contributed by atoms with Gasteiger partial charge in [-0.05, 0) is 12.1 Å². The quantitative estimate of drug-likeness (QED) is 0.687. The first-order valence-corrected chi connectivity index (χ1v) is 7.92. The Hall–Kier alpha value is -1.18. The van der Waals surface area contributed by atoms with Crippen molar-refractivity contribution >= 4 is 15.7 Å². The number of aromatic nitrogens is 1. The highest BCUT2D eigenvalue weighted by Gasteiger charge is 2.16. The summed E-state index contributed by atoms with van der Waals surface area (Å²) < 4.78 is 28.3. The number of methoxy groups -OCH3 is 1. The van der Waals surface area contributed by atoms with Crippen LogP contribution >= 0.6 is 0 Å². The Labute approximate surface area is 114 Å². The number of ether oxygens (including phenoxy) is 1. The Morgan fingerprint density at radius 3 is 2.79 bits per heavy atom. The summed E-state index contributed by atoms with van der Waals surface area (Å²) in [6, 6.07) is 3.21. The van der Waals surface area contributed by atoms with Crippen molar-refractivity contribution in [3.8, 4) is 0 Å². The predicted molar refractivity (Wildman–Crippen MR) is 75.4 cm³/mol. The van der Waals surface area contributed by atoms with E-state index in [0.717, 1.165) is 13.1 Å². The molecule has 0 aliphatic heterocycles. The smallest absolute Gasteiger partial charge is 0.179 e. The maximum atomic E-state index is 11.7. The monoisotopic (exact) mass is 287 g/mol. The van der Waals surface area contributed by atoms with Gasteiger partial charge in [0.05, 0.1) is 6.61 Å². The Kier molecular flexibility index (Phi) is 6.20. The molecule has 1 rings (SSSR count). The van der Waals surface area contributed by atoms with Crippen LogP contribution in [0, 0.1) is 0 Å². The molecule has 6 nitrogen and oxygen atoms in total. The highest BCUT2D eigenvalue weighted by molar-refractivity contribution is 7.90. The van der Waals surface area contributed by atoms with E-state index in [1.807, 2.05) is 11.9 Å². The average molecular weight is 287 g/mol. The van der Waals surface area contributed by atoms with E-state index in [4.69, 9.17) is 4.74 Å². The molecule has 1 N–H and O–H groups in total. The van der Waals surface area contributed by atoms with Crippen molar-refractivity contribution in [1.82, 2.24) is 10.3 Å². The largest absolute Gasteiger partial charge is 0.383 e. The topological polar surface area (TPSA) is 71.5 Å². The SMILES string of the molecule is COCCNCCN(C)c1ncccc1S(C)(=O)=O. The first kappa shape index (κ1) is 15.9. The fraction of sp³-hybridized carbons (Fsp3) is 0.583. The van der Waals surface area contributed by atoms with Gasteiger partial charge in [0, 0.05) is 46.2 Å². The molecule has 108 valence electrons. The molecule has 1 heterocycles. The molecule has 0 fully saturated rings. The van der Waals surface area contributed by atoms with Crippen molar-refractivity contribution in [3.63, 3.8) is 0 Å². The lowest BCUT2D eigenvalue weighted by atomic mass is 10.4. The van der Waals surface area contributed by atoms with E-state index in [-0.39, 0.29) is 4.90 Å². The van der Waals surface area contributed by atoms with Gasteiger partial charge in [-0.15, -0.1) is 0 Å². The van der Waals surface area contributed by atoms with Crippen molar-refractivity contribution in [2.24, 2.45) is 0 Å². The summed E-state index contributed by atoms with van der Waals surface area (Å²) in [4.78, 5) is 6.24. The predicted octanol–water partition coefficient (Wildman–Crippen LogP) is 0.157. The van der Waals surface area contributed by atoms with Crippen molar-refractivity contribution in [3.05, 3.63) is 18.3 Å². The van der Waals surface area contributed by atoms with Gasteiger partial charge in [-0.1, -0.05) is 0 Å². The maximum absolute atomic E-state index is 11.7. The van der Waals surface area contributed by atoms with Crippen LogP contribution in [0.2, 0.25) is 0 Å². The maximum Gasteiger partial charge on any atom is 0.179 e. The second-order valence-corrected chi connectivity index (χ2v) is 6.25. The standard InChI is InChI=1S/C12H21N3O3S/c1-15(9-7-13-8-10-18-2)12-11(19(3,16)17)5-4-6-14-12/h4-6,13H,7-10H2,1-3H3. The van der Waals surface area contributed by atoms with Gasteiger partial charge < -0.3 is 15.0 Å². The molecule has 0 amide bonds. The molecule has 0 saturated heterocycles. The van der Waals surface area contributed by atoms with Crippen molar-refractivity contribution in [2.75, 3.05) is 51.6 Å². The summed E-state index contributed by atoms with van der Waals surface area (Å²) in [6.07, 6.45) is 2.79. The Balaban J connectivity index is 2.65. The molecule has 0 unspecified atom stereocenters. The van der Waals surface area contributed by atoms with Crippen LogP contribution in [0.1, 0.15) is 0 Å². The van der Waals surface area contributed by atoms with Crippen LogP contribution in [0.15, 0.2) is 23.2 Å². The molecule has 7 heteroatoms. The van der Waals surface area contributed by atoms with Crippen LogP contribution in [0.5, 0.6) is 0 Å². The summed E-state index contributed by atoms with van der Waals surface area (Å²) in [5.41, 5.74) is 0. The molecule has 0 aliphatic rings. The fourth-order valence-electron chi connectivity index (χ4n) is 1.61. The first-order valence-electron chi connectivity index (χ1n) is 6.02. The van der Waals surface area contributed by atoms with E-state index in [1.54, 1.807) is 25.4 Å². The lowest BCUT2D eigenvalue weighted by Crippen LogP contribution is -2.32. The number of sulfone groups is 1. The van der Waals surface area contributed by atoms with Gasteiger partial charge in [-0.25, -0.2) is 13.4 Å². The van der Waals surface area contributed by atoms with Crippen LogP contribution in [-0.2, 0) is 14.6 Å². The van der Waals surface area contributed by atoms with E-state index in [0.29, 0.717) is 19.0 Å². The third kappa shape index (κ3) is 5.14. The molecule has 19 heavy (non-hydrogen) atoms. The zero-order valence-electron chi connectivity index (χ0n) is 11.6. The van der Waals surface area contributed by atoms with E-state index < -0.39 is 9.84 Å². The van der Waals surface area contributed by atoms with Crippen LogP contribution in [0.25, 0.3) is 0 Å². The lowest BCUT2D eigenvalue weighted by molar-refractivity contribution is 0.200. The van der Waals surface area contributed by atoms with Gasteiger partial charge in [0.2, 0.25) is 0 Å². The van der Waals surface area contributed by atoms with Gasteiger partial charge in [-0.3, -0.25) is 0 Å².